The van der Waals surface area contributed by atoms with Crippen LogP contribution in [0.4, 0.5) is 50.9 Å². The number of hydrogen-bond acceptors (Lipinski definition) is 8. The van der Waals surface area contributed by atoms with Crippen molar-refractivity contribution in [1.82, 2.24) is 0 Å². The van der Waals surface area contributed by atoms with Crippen LogP contribution in [0.1, 0.15) is 112 Å². The third-order valence-electron chi connectivity index (χ3n) is 16.0. The van der Waals surface area contributed by atoms with Gasteiger partial charge in [-0.05, 0) is 82.2 Å². The molecule has 12 aromatic rings. The van der Waals surface area contributed by atoms with Crippen LogP contribution in [-0.4, -0.2) is 49.7 Å². The van der Waals surface area contributed by atoms with Crippen LogP contribution < -0.4 is 14.2 Å². The van der Waals surface area contributed by atoms with Crippen molar-refractivity contribution < 1.29 is 68.3 Å². The van der Waals surface area contributed by atoms with E-state index in [-0.39, 0.29) is 49.7 Å². The van der Waals surface area contributed by atoms with E-state index in [9.17, 15) is 68.3 Å². The van der Waals surface area contributed by atoms with Crippen molar-refractivity contribution in [3.05, 3.63) is 320 Å². The Labute approximate surface area is 533 Å². The zero-order valence-electron chi connectivity index (χ0n) is 47.7. The van der Waals surface area contributed by atoms with Gasteiger partial charge >= 0.3 is 194 Å². The van der Waals surface area contributed by atoms with Crippen LogP contribution in [0.5, 0.6) is 0 Å². The average Bonchev–Trinajstić information content (AvgIpc) is 0.779. The molecule has 0 aromatic heterocycles. The Kier molecular flexibility index (Phi) is 15.8. The first-order chi connectivity index (χ1) is 44.5. The second-order valence-electron chi connectivity index (χ2n) is 21.7. The van der Waals surface area contributed by atoms with Crippen molar-refractivity contribution >= 4 is 114 Å². The van der Waals surface area contributed by atoms with E-state index in [4.69, 9.17) is 0 Å². The number of hydrogen-bond donors (Lipinski definition) is 1. The molecular formula is C75H40F9NO6SSe. The van der Waals surface area contributed by atoms with Gasteiger partial charge in [-0.2, -0.15) is 26.3 Å². The Balaban J connectivity index is 0.000000127. The van der Waals surface area contributed by atoms with Crippen molar-refractivity contribution in [3.8, 4) is 0 Å². The number of anilines is 2. The molecule has 7 nitrogen and oxygen atoms in total. The minimum atomic E-state index is -4.41. The third-order valence-corrected chi connectivity index (χ3v) is 19.2. The SMILES string of the molecule is O=C1c2ccccc2C(=O)c2c(Nc3ccc4cc(C(F)(F)F)ccc4c3)cccc21.O=C1c2ccccc2C(=O)c2c(Sc3ccc4cc(C(F)(F)F)ccc4c3)cccc21.O=C1c2ccccc2C(=O)c2c([Se]c3ccc4cc(C(F)(F)F)ccc4c3)cccc21. The summed E-state index contributed by atoms with van der Waals surface area (Å²) in [5.41, 5.74) is 3.48. The molecular weight excluding hydrogens is 1290 g/mol. The Morgan fingerprint density at radius 2 is 0.667 bits per heavy atom. The number of halogens is 9. The summed E-state index contributed by atoms with van der Waals surface area (Å²) in [7, 11) is 0. The number of benzene rings is 12. The van der Waals surface area contributed by atoms with Gasteiger partial charge in [0.05, 0.1) is 22.4 Å². The molecule has 15 rings (SSSR count). The molecule has 0 saturated carbocycles. The second kappa shape index (κ2) is 23.9. The summed E-state index contributed by atoms with van der Waals surface area (Å²) < 4.78 is 118. The van der Waals surface area contributed by atoms with Gasteiger partial charge in [0.1, 0.15) is 0 Å². The van der Waals surface area contributed by atoms with E-state index < -0.39 is 35.2 Å². The second-order valence-corrected chi connectivity index (χ2v) is 25.2. The zero-order valence-corrected chi connectivity index (χ0v) is 50.2. The quantitative estimate of drug-likeness (QED) is 0.129. The summed E-state index contributed by atoms with van der Waals surface area (Å²) in [6.45, 7) is 0. The van der Waals surface area contributed by atoms with Gasteiger partial charge in [0.15, 0.2) is 23.1 Å². The first-order valence-corrected chi connectivity index (χ1v) is 30.9. The first kappa shape index (κ1) is 61.3. The molecule has 0 atom stereocenters. The van der Waals surface area contributed by atoms with E-state index in [2.05, 4.69) is 5.32 Å². The number of carbonyl (C=O) groups is 6. The van der Waals surface area contributed by atoms with E-state index in [1.54, 1.807) is 170 Å². The molecule has 3 aliphatic carbocycles. The fourth-order valence-electron chi connectivity index (χ4n) is 11.5. The number of ketones is 6. The maximum atomic E-state index is 13.2. The van der Waals surface area contributed by atoms with E-state index in [1.807, 2.05) is 12.1 Å². The van der Waals surface area contributed by atoms with Crippen molar-refractivity contribution in [3.63, 3.8) is 0 Å². The Hall–Kier alpha value is -10.5. The van der Waals surface area contributed by atoms with E-state index in [0.717, 1.165) is 50.2 Å². The molecule has 1 N–H and O–H groups in total. The van der Waals surface area contributed by atoms with Crippen LogP contribution in [0.2, 0.25) is 0 Å². The fourth-order valence-corrected chi connectivity index (χ4v) is 14.7. The van der Waals surface area contributed by atoms with Gasteiger partial charge in [-0.15, -0.1) is 0 Å². The van der Waals surface area contributed by atoms with Gasteiger partial charge in [0.2, 0.25) is 0 Å². The summed E-state index contributed by atoms with van der Waals surface area (Å²) in [5.74, 6) is -1.19. The first-order valence-electron chi connectivity index (χ1n) is 28.4. The van der Waals surface area contributed by atoms with E-state index in [0.29, 0.717) is 115 Å². The molecule has 0 bridgehead atoms. The fraction of sp³-hybridized carbons (Fsp3) is 0.0400. The summed E-state index contributed by atoms with van der Waals surface area (Å²) in [6, 6.07) is 61.9. The summed E-state index contributed by atoms with van der Waals surface area (Å²) >= 11 is 1.01. The normalized spacial score (nSPS) is 13.2. The van der Waals surface area contributed by atoms with Crippen LogP contribution in [0, 0.1) is 0 Å². The molecule has 0 radical (unpaired) electrons. The molecule has 456 valence electrons. The Morgan fingerprint density at radius 3 is 1.17 bits per heavy atom. The van der Waals surface area contributed by atoms with Crippen molar-refractivity contribution in [2.24, 2.45) is 0 Å². The molecule has 3 aliphatic rings. The molecule has 12 aromatic carbocycles. The monoisotopic (exact) mass is 1330 g/mol. The van der Waals surface area contributed by atoms with Gasteiger partial charge in [-0.25, -0.2) is 0 Å². The molecule has 0 heterocycles. The van der Waals surface area contributed by atoms with Crippen LogP contribution >= 0.6 is 11.8 Å². The Morgan fingerprint density at radius 1 is 0.301 bits per heavy atom. The van der Waals surface area contributed by atoms with Crippen LogP contribution in [0.3, 0.4) is 0 Å². The van der Waals surface area contributed by atoms with Crippen LogP contribution in [0.25, 0.3) is 32.3 Å². The molecule has 0 amide bonds. The number of rotatable bonds is 6. The van der Waals surface area contributed by atoms with E-state index >= 15 is 0 Å². The standard InChI is InChI=1S/C25H14F3NO2.C25H13F3O2S.C25H13F3O2Se/c26-25(27,28)16-10-8-15-13-17(11-9-14(15)12-16)29-21-7-3-6-20-22(21)24(31)19-5-2-1-4-18(19)23(20)30;2*26-25(27,28)16-10-8-15-13-17(11-9-14(15)12-16)31-21-7-3-6-20-22(21)24(30)19-5-2-1-4-18(19)23(20)29/h1-13,29H;2*1-13H. The summed E-state index contributed by atoms with van der Waals surface area (Å²) in [5, 5.41) is 6.58. The number of carbonyl (C=O) groups excluding carboxylic acids is 6. The average molecular weight is 1330 g/mol. The van der Waals surface area contributed by atoms with Crippen LogP contribution in [-0.2, 0) is 18.5 Å². The van der Waals surface area contributed by atoms with Crippen molar-refractivity contribution in [1.29, 1.82) is 0 Å². The number of nitrogens with one attached hydrogen (secondary N) is 1. The molecule has 93 heavy (non-hydrogen) atoms. The van der Waals surface area contributed by atoms with Crippen molar-refractivity contribution in [2.45, 2.75) is 28.3 Å². The molecule has 18 heteroatoms. The molecule has 0 fully saturated rings. The van der Waals surface area contributed by atoms with Gasteiger partial charge in [0.25, 0.3) is 0 Å². The van der Waals surface area contributed by atoms with Gasteiger partial charge < -0.3 is 5.32 Å². The molecule has 0 unspecified atom stereocenters. The molecule has 0 aliphatic heterocycles. The maximum absolute atomic E-state index is 13.2. The minimum absolute atomic E-state index is 0.166. The number of alkyl halides is 9. The predicted octanol–water partition coefficient (Wildman–Crippen LogP) is 17.5. The summed E-state index contributed by atoms with van der Waals surface area (Å²) in [4.78, 5) is 79.5. The van der Waals surface area contributed by atoms with Crippen LogP contribution in [0.15, 0.2) is 246 Å². The third kappa shape index (κ3) is 11.8. The van der Waals surface area contributed by atoms with Gasteiger partial charge in [0, 0.05) is 54.4 Å². The number of fused-ring (bicyclic) bond motifs is 9. The van der Waals surface area contributed by atoms with Gasteiger partial charge in [-0.3, -0.25) is 19.2 Å². The van der Waals surface area contributed by atoms with E-state index in [1.165, 1.54) is 30.0 Å². The van der Waals surface area contributed by atoms with Crippen molar-refractivity contribution in [2.75, 3.05) is 5.32 Å². The molecule has 0 saturated heterocycles. The predicted molar refractivity (Wildman–Crippen MR) is 339 cm³/mol. The molecule has 0 spiro atoms. The Bertz CT molecular complexity index is 4680. The topological polar surface area (TPSA) is 114 Å². The van der Waals surface area contributed by atoms with Gasteiger partial charge in [-0.1, -0.05) is 109 Å². The summed E-state index contributed by atoms with van der Waals surface area (Å²) in [6.07, 6.45) is -13.2. The zero-order chi connectivity index (χ0) is 65.3.